The lowest BCUT2D eigenvalue weighted by atomic mass is 10.0. The van der Waals surface area contributed by atoms with Crippen molar-refractivity contribution in [3.63, 3.8) is 0 Å². The largest absolute Gasteiger partial charge is 0.308 e. The summed E-state index contributed by atoms with van der Waals surface area (Å²) in [5.41, 5.74) is 11.1. The van der Waals surface area contributed by atoms with Crippen LogP contribution in [0.3, 0.4) is 0 Å². The number of hydrogen-bond acceptors (Lipinski definition) is 1. The Bertz CT molecular complexity index is 3570. The molecule has 0 saturated heterocycles. The number of anilines is 3. The summed E-state index contributed by atoms with van der Waals surface area (Å²) in [6.45, 7) is 0. The first-order chi connectivity index (χ1) is 26.3. The minimum atomic E-state index is 1.13. The van der Waals surface area contributed by atoms with Gasteiger partial charge in [0, 0.05) is 65.2 Å². The number of benzene rings is 9. The van der Waals surface area contributed by atoms with E-state index < -0.39 is 0 Å². The number of nitrogens with zero attached hydrogens (tertiary/aromatic N) is 3. The van der Waals surface area contributed by atoms with E-state index in [1.165, 1.54) is 103 Å². The van der Waals surface area contributed by atoms with Gasteiger partial charge in [0.05, 0.1) is 38.8 Å². The molecule has 3 heteroatoms. The summed E-state index contributed by atoms with van der Waals surface area (Å²) >= 11 is 0. The van der Waals surface area contributed by atoms with Gasteiger partial charge in [-0.3, -0.25) is 0 Å². The van der Waals surface area contributed by atoms with E-state index in [1.807, 2.05) is 0 Å². The zero-order valence-electron chi connectivity index (χ0n) is 28.6. The summed E-state index contributed by atoms with van der Waals surface area (Å²) in [6.07, 6.45) is 0. The molecular weight excluding hydrogens is 643 g/mol. The van der Waals surface area contributed by atoms with Crippen LogP contribution in [0.15, 0.2) is 176 Å². The predicted octanol–water partition coefficient (Wildman–Crippen LogP) is 13.8. The highest BCUT2D eigenvalue weighted by Gasteiger charge is 2.27. The van der Waals surface area contributed by atoms with Crippen LogP contribution in [0.1, 0.15) is 0 Å². The fraction of sp³-hybridized carbons (Fsp3) is 0. The quantitative estimate of drug-likeness (QED) is 0.182. The molecule has 0 fully saturated rings. The number of aromatic nitrogens is 2. The van der Waals surface area contributed by atoms with Crippen molar-refractivity contribution in [2.75, 3.05) is 4.90 Å². The maximum Gasteiger partial charge on any atom is 0.0789 e. The van der Waals surface area contributed by atoms with Gasteiger partial charge >= 0.3 is 0 Å². The first-order valence-corrected chi connectivity index (χ1v) is 18.4. The highest BCUT2D eigenvalue weighted by Crippen LogP contribution is 2.50. The van der Waals surface area contributed by atoms with Crippen molar-refractivity contribution in [1.82, 2.24) is 8.80 Å². The van der Waals surface area contributed by atoms with Gasteiger partial charge in [-0.15, -0.1) is 0 Å². The zero-order chi connectivity index (χ0) is 34.4. The second-order valence-corrected chi connectivity index (χ2v) is 14.5. The molecule has 0 saturated carbocycles. The van der Waals surface area contributed by atoms with E-state index in [0.29, 0.717) is 0 Å². The molecule has 4 aromatic heterocycles. The number of hydrogen-bond donors (Lipinski definition) is 0. The number of rotatable bonds is 3. The minimum Gasteiger partial charge on any atom is -0.308 e. The van der Waals surface area contributed by atoms with Crippen LogP contribution in [0.2, 0.25) is 0 Å². The molecule has 13 rings (SSSR count). The summed E-state index contributed by atoms with van der Waals surface area (Å²) in [7, 11) is 0. The van der Waals surface area contributed by atoms with Crippen molar-refractivity contribution in [2.24, 2.45) is 0 Å². The van der Waals surface area contributed by atoms with E-state index >= 15 is 0 Å². The molecular formula is C50H29N3. The van der Waals surface area contributed by atoms with Gasteiger partial charge in [0.25, 0.3) is 0 Å². The second kappa shape index (κ2) is 9.81. The van der Waals surface area contributed by atoms with Crippen LogP contribution in [0.5, 0.6) is 0 Å². The second-order valence-electron chi connectivity index (χ2n) is 14.5. The van der Waals surface area contributed by atoms with E-state index in [-0.39, 0.29) is 0 Å². The van der Waals surface area contributed by atoms with Crippen molar-refractivity contribution < 1.29 is 0 Å². The van der Waals surface area contributed by atoms with Crippen LogP contribution in [-0.4, -0.2) is 8.80 Å². The lowest BCUT2D eigenvalue weighted by Gasteiger charge is -2.28. The molecule has 3 nitrogen and oxygen atoms in total. The smallest absolute Gasteiger partial charge is 0.0789 e. The van der Waals surface area contributed by atoms with Gasteiger partial charge in [-0.1, -0.05) is 133 Å². The van der Waals surface area contributed by atoms with Gasteiger partial charge in [0.2, 0.25) is 0 Å². The molecule has 9 aromatic carbocycles. The van der Waals surface area contributed by atoms with Crippen LogP contribution in [0.4, 0.5) is 17.1 Å². The average molecular weight is 672 g/mol. The van der Waals surface area contributed by atoms with Crippen LogP contribution in [0, 0.1) is 0 Å². The van der Waals surface area contributed by atoms with E-state index in [1.54, 1.807) is 0 Å². The maximum atomic E-state index is 2.58. The molecule has 0 aliphatic carbocycles. The summed E-state index contributed by atoms with van der Waals surface area (Å²) < 4.78 is 5.13. The molecule has 0 atom stereocenters. The van der Waals surface area contributed by atoms with Gasteiger partial charge in [0.1, 0.15) is 0 Å². The molecule has 244 valence electrons. The third kappa shape index (κ3) is 3.40. The number of fused-ring (bicyclic) bond motifs is 15. The van der Waals surface area contributed by atoms with Crippen molar-refractivity contribution in [1.29, 1.82) is 0 Å². The molecule has 0 N–H and O–H groups in total. The van der Waals surface area contributed by atoms with Crippen molar-refractivity contribution in [3.05, 3.63) is 176 Å². The Labute approximate surface area is 303 Å². The molecule has 4 heterocycles. The fourth-order valence-electron chi connectivity index (χ4n) is 9.77. The van der Waals surface area contributed by atoms with Crippen LogP contribution >= 0.6 is 0 Å². The lowest BCUT2D eigenvalue weighted by molar-refractivity contribution is 1.28. The van der Waals surface area contributed by atoms with Crippen molar-refractivity contribution in [2.45, 2.75) is 0 Å². The Balaban J connectivity index is 1.26. The molecule has 0 amide bonds. The molecule has 0 spiro atoms. The molecule has 0 aliphatic rings. The van der Waals surface area contributed by atoms with Gasteiger partial charge in [-0.2, -0.15) is 0 Å². The summed E-state index contributed by atoms with van der Waals surface area (Å²) in [5.74, 6) is 0. The highest BCUT2D eigenvalue weighted by molar-refractivity contribution is 6.32. The number of para-hydroxylation sites is 4. The van der Waals surface area contributed by atoms with Crippen molar-refractivity contribution >= 4 is 115 Å². The lowest BCUT2D eigenvalue weighted by Crippen LogP contribution is -2.11. The third-order valence-corrected chi connectivity index (χ3v) is 11.9. The average Bonchev–Trinajstić information content (AvgIpc) is 3.94. The van der Waals surface area contributed by atoms with Gasteiger partial charge in [-0.25, -0.2) is 0 Å². The normalized spacial score (nSPS) is 12.5. The summed E-state index contributed by atoms with van der Waals surface area (Å²) in [4.78, 5) is 2.46. The SMILES string of the molecule is c1ccc(N(c2ccccc2)c2c3ccccc3cc3c4cccc5c6cc7c(cc6n(c23)c54)c2cccc3c4ccc5ccccc5c4n7c23)cc1. The van der Waals surface area contributed by atoms with E-state index in [9.17, 15) is 0 Å². The first kappa shape index (κ1) is 27.6. The highest BCUT2D eigenvalue weighted by atomic mass is 15.2. The Morgan fingerprint density at radius 3 is 1.38 bits per heavy atom. The Hall–Kier alpha value is -7.10. The monoisotopic (exact) mass is 671 g/mol. The van der Waals surface area contributed by atoms with E-state index in [2.05, 4.69) is 190 Å². The van der Waals surface area contributed by atoms with Gasteiger partial charge in [-0.05, 0) is 53.2 Å². The molecule has 0 radical (unpaired) electrons. The molecule has 0 aliphatic heterocycles. The van der Waals surface area contributed by atoms with Gasteiger partial charge < -0.3 is 13.7 Å². The molecule has 53 heavy (non-hydrogen) atoms. The summed E-state index contributed by atoms with van der Waals surface area (Å²) in [6, 6.07) is 65.0. The standard InChI is InChI=1S/C50H29N3/c1-3-15-32(16-4-1)51(33-17-5-2-6-18-33)49-35-20-10-8-14-31(35)27-43-39-24-12-23-38-42-28-44-41(29-45(42)53(48(38)39)50(43)49)37-22-11-21-36-40-26-25-30-13-7-9-19-34(30)46(40)52(44)47(36)37/h1-29H. The van der Waals surface area contributed by atoms with E-state index in [4.69, 9.17) is 0 Å². The van der Waals surface area contributed by atoms with Crippen LogP contribution in [0.25, 0.3) is 97.7 Å². The molecule has 13 aromatic rings. The first-order valence-electron chi connectivity index (χ1n) is 18.4. The molecule has 0 unspecified atom stereocenters. The van der Waals surface area contributed by atoms with Crippen LogP contribution in [-0.2, 0) is 0 Å². The minimum absolute atomic E-state index is 1.13. The Kier molecular flexibility index (Phi) is 5.11. The maximum absolute atomic E-state index is 2.58. The predicted molar refractivity (Wildman–Crippen MR) is 225 cm³/mol. The summed E-state index contributed by atoms with van der Waals surface area (Å²) in [5, 5.41) is 15.3. The Morgan fingerprint density at radius 1 is 0.283 bits per heavy atom. The van der Waals surface area contributed by atoms with Crippen LogP contribution < -0.4 is 4.90 Å². The Morgan fingerprint density at radius 2 is 0.736 bits per heavy atom. The van der Waals surface area contributed by atoms with E-state index in [0.717, 1.165) is 11.4 Å². The third-order valence-electron chi connectivity index (χ3n) is 11.9. The van der Waals surface area contributed by atoms with Crippen molar-refractivity contribution in [3.8, 4) is 0 Å². The molecule has 0 bridgehead atoms. The fourth-order valence-corrected chi connectivity index (χ4v) is 9.77. The van der Waals surface area contributed by atoms with Gasteiger partial charge in [0.15, 0.2) is 0 Å². The zero-order valence-corrected chi connectivity index (χ0v) is 28.6. The topological polar surface area (TPSA) is 12.1 Å².